The monoisotopic (exact) mass is 434 g/mol. The molecule has 7 heteroatoms. The van der Waals surface area contributed by atoms with Crippen molar-refractivity contribution >= 4 is 22.7 Å². The van der Waals surface area contributed by atoms with Crippen molar-refractivity contribution in [1.82, 2.24) is 0 Å². The number of carbonyl (C=O) groups excluding carboxylic acids is 2. The number of rotatable bonds is 7. The Labute approximate surface area is 184 Å². The van der Waals surface area contributed by atoms with Gasteiger partial charge in [-0.3, -0.25) is 0 Å². The molecule has 0 aliphatic carbocycles. The molecule has 0 saturated carbocycles. The SMILES string of the molecule is C=C(C)C(=O)Oc1ccc(OCC(=C)C(=O)Oc2cccc3c(O)c(O)ccc23)c(C)c1. The highest BCUT2D eigenvalue weighted by atomic mass is 16.5. The standard InChI is InChI=1S/C25H22O7/c1-14(2)24(28)31-17-8-11-21(15(3)12-17)30-13-16(4)25(29)32-22-7-5-6-19-18(22)9-10-20(26)23(19)27/h5-12,26-27H,1,4,13H2,2-3H3. The predicted octanol–water partition coefficient (Wildman–Crippen LogP) is 4.58. The van der Waals surface area contributed by atoms with Gasteiger partial charge in [0.1, 0.15) is 23.9 Å². The Hall–Kier alpha value is -4.26. The number of carbonyl (C=O) groups is 2. The summed E-state index contributed by atoms with van der Waals surface area (Å²) in [6.07, 6.45) is 0. The van der Waals surface area contributed by atoms with Crippen LogP contribution in [0.4, 0.5) is 0 Å². The van der Waals surface area contributed by atoms with Crippen molar-refractivity contribution in [2.75, 3.05) is 6.61 Å². The molecule has 0 radical (unpaired) electrons. The third-order valence-corrected chi connectivity index (χ3v) is 4.57. The summed E-state index contributed by atoms with van der Waals surface area (Å²) < 4.78 is 16.2. The summed E-state index contributed by atoms with van der Waals surface area (Å²) in [5.74, 6) is -0.736. The molecule has 3 rings (SSSR count). The zero-order valence-electron chi connectivity index (χ0n) is 17.7. The van der Waals surface area contributed by atoms with Crippen LogP contribution < -0.4 is 14.2 Å². The first-order chi connectivity index (χ1) is 15.2. The maximum atomic E-state index is 12.5. The number of fused-ring (bicyclic) bond motifs is 1. The predicted molar refractivity (Wildman–Crippen MR) is 119 cm³/mol. The molecule has 0 saturated heterocycles. The van der Waals surface area contributed by atoms with Crippen molar-refractivity contribution in [2.24, 2.45) is 0 Å². The van der Waals surface area contributed by atoms with Crippen LogP contribution in [0.1, 0.15) is 12.5 Å². The van der Waals surface area contributed by atoms with Crippen LogP contribution >= 0.6 is 0 Å². The van der Waals surface area contributed by atoms with Gasteiger partial charge >= 0.3 is 11.9 Å². The van der Waals surface area contributed by atoms with Crippen LogP contribution in [0.3, 0.4) is 0 Å². The van der Waals surface area contributed by atoms with E-state index < -0.39 is 11.9 Å². The highest BCUT2D eigenvalue weighted by Gasteiger charge is 2.16. The number of aromatic hydroxyl groups is 2. The molecule has 0 spiro atoms. The fraction of sp³-hybridized carbons (Fsp3) is 0.120. The molecule has 0 atom stereocenters. The molecule has 0 aliphatic rings. The lowest BCUT2D eigenvalue weighted by molar-refractivity contribution is -0.131. The Balaban J connectivity index is 1.65. The van der Waals surface area contributed by atoms with Gasteiger partial charge in [0.05, 0.1) is 5.57 Å². The lowest BCUT2D eigenvalue weighted by Gasteiger charge is -2.13. The van der Waals surface area contributed by atoms with Crippen LogP contribution in [0, 0.1) is 6.92 Å². The van der Waals surface area contributed by atoms with Crippen LogP contribution in [0.5, 0.6) is 28.7 Å². The molecule has 3 aromatic rings. The number of aryl methyl sites for hydroxylation is 1. The van der Waals surface area contributed by atoms with E-state index in [1.807, 2.05) is 0 Å². The van der Waals surface area contributed by atoms with E-state index in [4.69, 9.17) is 14.2 Å². The van der Waals surface area contributed by atoms with E-state index in [1.165, 1.54) is 12.1 Å². The van der Waals surface area contributed by atoms with E-state index in [0.29, 0.717) is 27.8 Å². The van der Waals surface area contributed by atoms with Gasteiger partial charge in [-0.15, -0.1) is 0 Å². The van der Waals surface area contributed by atoms with E-state index in [9.17, 15) is 19.8 Å². The van der Waals surface area contributed by atoms with Crippen LogP contribution in [-0.4, -0.2) is 28.8 Å². The number of ether oxygens (including phenoxy) is 3. The fourth-order valence-corrected chi connectivity index (χ4v) is 2.83. The highest BCUT2D eigenvalue weighted by Crippen LogP contribution is 2.37. The second-order valence-electron chi connectivity index (χ2n) is 7.16. The lowest BCUT2D eigenvalue weighted by atomic mass is 10.1. The zero-order chi connectivity index (χ0) is 23.4. The summed E-state index contributed by atoms with van der Waals surface area (Å²) in [6.45, 7) is 10.5. The quantitative estimate of drug-likeness (QED) is 0.243. The molecule has 0 unspecified atom stereocenters. The maximum absolute atomic E-state index is 12.5. The van der Waals surface area contributed by atoms with Gasteiger partial charge in [0.2, 0.25) is 0 Å². The minimum atomic E-state index is -0.699. The number of hydrogen-bond donors (Lipinski definition) is 2. The van der Waals surface area contributed by atoms with E-state index in [-0.39, 0.29) is 35.0 Å². The number of phenolic OH excluding ortho intramolecular Hbond substituents is 2. The Morgan fingerprint density at radius 3 is 2.34 bits per heavy atom. The van der Waals surface area contributed by atoms with Gasteiger partial charge in [0, 0.05) is 16.3 Å². The summed E-state index contributed by atoms with van der Waals surface area (Å²) >= 11 is 0. The molecule has 0 fully saturated rings. The number of benzene rings is 3. The van der Waals surface area contributed by atoms with Gasteiger partial charge in [0.25, 0.3) is 0 Å². The zero-order valence-corrected chi connectivity index (χ0v) is 17.7. The Bertz CT molecular complexity index is 1240. The topological polar surface area (TPSA) is 102 Å². The van der Waals surface area contributed by atoms with E-state index in [1.54, 1.807) is 50.2 Å². The van der Waals surface area contributed by atoms with E-state index >= 15 is 0 Å². The minimum Gasteiger partial charge on any atom is -0.504 e. The van der Waals surface area contributed by atoms with Crippen molar-refractivity contribution in [2.45, 2.75) is 13.8 Å². The second-order valence-corrected chi connectivity index (χ2v) is 7.16. The molecular weight excluding hydrogens is 412 g/mol. The lowest BCUT2D eigenvalue weighted by Crippen LogP contribution is -2.16. The van der Waals surface area contributed by atoms with Crippen molar-refractivity contribution < 1.29 is 34.0 Å². The molecule has 0 amide bonds. The molecule has 0 heterocycles. The Morgan fingerprint density at radius 2 is 1.66 bits per heavy atom. The van der Waals surface area contributed by atoms with E-state index in [2.05, 4.69) is 13.2 Å². The fourth-order valence-electron chi connectivity index (χ4n) is 2.83. The van der Waals surface area contributed by atoms with Crippen LogP contribution in [0.15, 0.2) is 72.8 Å². The molecular formula is C25H22O7. The second kappa shape index (κ2) is 9.26. The molecule has 7 nitrogen and oxygen atoms in total. The summed E-state index contributed by atoms with van der Waals surface area (Å²) in [4.78, 5) is 24.1. The summed E-state index contributed by atoms with van der Waals surface area (Å²) in [6, 6.07) is 12.4. The van der Waals surface area contributed by atoms with Gasteiger partial charge in [-0.2, -0.15) is 0 Å². The molecule has 32 heavy (non-hydrogen) atoms. The molecule has 0 bridgehead atoms. The average molecular weight is 434 g/mol. The Morgan fingerprint density at radius 1 is 0.906 bits per heavy atom. The number of phenols is 2. The molecule has 0 aromatic heterocycles. The largest absolute Gasteiger partial charge is 0.504 e. The van der Waals surface area contributed by atoms with Gasteiger partial charge in [-0.1, -0.05) is 25.3 Å². The normalized spacial score (nSPS) is 10.4. The average Bonchev–Trinajstić information content (AvgIpc) is 2.75. The Kier molecular flexibility index (Phi) is 6.49. The van der Waals surface area contributed by atoms with Gasteiger partial charge < -0.3 is 24.4 Å². The molecule has 3 aromatic carbocycles. The van der Waals surface area contributed by atoms with Crippen LogP contribution in [0.25, 0.3) is 10.8 Å². The van der Waals surface area contributed by atoms with Crippen molar-refractivity contribution in [3.8, 4) is 28.7 Å². The van der Waals surface area contributed by atoms with Crippen LogP contribution in [0.2, 0.25) is 0 Å². The van der Waals surface area contributed by atoms with Gasteiger partial charge in [-0.25, -0.2) is 9.59 Å². The highest BCUT2D eigenvalue weighted by molar-refractivity contribution is 5.98. The first-order valence-corrected chi connectivity index (χ1v) is 9.62. The first-order valence-electron chi connectivity index (χ1n) is 9.62. The van der Waals surface area contributed by atoms with Gasteiger partial charge in [-0.05, 0) is 55.8 Å². The van der Waals surface area contributed by atoms with Gasteiger partial charge in [0.15, 0.2) is 11.5 Å². The number of esters is 2. The minimum absolute atomic E-state index is 0.0715. The third kappa shape index (κ3) is 4.89. The molecule has 164 valence electrons. The summed E-state index contributed by atoms with van der Waals surface area (Å²) in [5.41, 5.74) is 1.06. The van der Waals surface area contributed by atoms with Crippen molar-refractivity contribution in [3.05, 3.63) is 78.4 Å². The van der Waals surface area contributed by atoms with E-state index in [0.717, 1.165) is 0 Å². The third-order valence-electron chi connectivity index (χ3n) is 4.57. The van der Waals surface area contributed by atoms with Crippen molar-refractivity contribution in [3.63, 3.8) is 0 Å². The molecule has 2 N–H and O–H groups in total. The summed E-state index contributed by atoms with van der Waals surface area (Å²) in [5, 5.41) is 20.4. The van der Waals surface area contributed by atoms with Crippen molar-refractivity contribution in [1.29, 1.82) is 0 Å². The first kappa shape index (κ1) is 22.4. The summed E-state index contributed by atoms with van der Waals surface area (Å²) in [7, 11) is 0. The maximum Gasteiger partial charge on any atom is 0.342 e. The molecule has 0 aliphatic heterocycles. The number of hydrogen-bond acceptors (Lipinski definition) is 7. The smallest absolute Gasteiger partial charge is 0.342 e. The van der Waals surface area contributed by atoms with Crippen LogP contribution in [-0.2, 0) is 9.59 Å².